The predicted molar refractivity (Wildman–Crippen MR) is 67.4 cm³/mol. The van der Waals surface area contributed by atoms with Crippen molar-refractivity contribution < 1.29 is 4.79 Å². The minimum absolute atomic E-state index is 0.174. The summed E-state index contributed by atoms with van der Waals surface area (Å²) in [6.07, 6.45) is 4.46. The summed E-state index contributed by atoms with van der Waals surface area (Å²) in [4.78, 5) is 14.2. The molecule has 1 fully saturated rings. The van der Waals surface area contributed by atoms with Gasteiger partial charge in [0.1, 0.15) is 0 Å². The van der Waals surface area contributed by atoms with Crippen molar-refractivity contribution in [1.82, 2.24) is 10.2 Å². The van der Waals surface area contributed by atoms with Gasteiger partial charge in [-0.25, -0.2) is 0 Å². The zero-order valence-corrected chi connectivity index (χ0v) is 11.0. The van der Waals surface area contributed by atoms with E-state index < -0.39 is 0 Å². The van der Waals surface area contributed by atoms with E-state index in [1.54, 1.807) is 0 Å². The highest BCUT2D eigenvalue weighted by atomic mass is 16.2. The van der Waals surface area contributed by atoms with Crippen LogP contribution < -0.4 is 5.32 Å². The monoisotopic (exact) mass is 226 g/mol. The number of rotatable bonds is 6. The molecular formula is C13H26N2O. The highest BCUT2D eigenvalue weighted by Crippen LogP contribution is 2.12. The summed E-state index contributed by atoms with van der Waals surface area (Å²) in [6, 6.07) is 0.527. The Bertz CT molecular complexity index is 212. The van der Waals surface area contributed by atoms with Gasteiger partial charge in [0.05, 0.1) is 0 Å². The van der Waals surface area contributed by atoms with Crippen LogP contribution in [0.15, 0.2) is 0 Å². The van der Waals surface area contributed by atoms with Gasteiger partial charge in [-0.05, 0) is 32.2 Å². The van der Waals surface area contributed by atoms with Crippen LogP contribution in [0.2, 0.25) is 0 Å². The van der Waals surface area contributed by atoms with Crippen molar-refractivity contribution in [2.24, 2.45) is 5.92 Å². The molecule has 0 aromatic carbocycles. The number of amides is 1. The molecule has 1 aliphatic rings. The molecule has 3 nitrogen and oxygen atoms in total. The molecule has 1 amide bonds. The molecule has 1 aliphatic heterocycles. The fourth-order valence-corrected chi connectivity index (χ4v) is 2.23. The first-order valence-corrected chi connectivity index (χ1v) is 6.71. The second-order valence-electron chi connectivity index (χ2n) is 4.89. The van der Waals surface area contributed by atoms with Crippen LogP contribution in [0, 0.1) is 5.92 Å². The second kappa shape index (κ2) is 6.89. The van der Waals surface area contributed by atoms with Crippen LogP contribution in [0.1, 0.15) is 46.5 Å². The molecule has 0 aromatic heterocycles. The third-order valence-electron chi connectivity index (χ3n) is 3.44. The molecule has 0 bridgehead atoms. The van der Waals surface area contributed by atoms with Gasteiger partial charge in [0.15, 0.2) is 0 Å². The molecular weight excluding hydrogens is 200 g/mol. The van der Waals surface area contributed by atoms with E-state index >= 15 is 0 Å². The van der Waals surface area contributed by atoms with Gasteiger partial charge in [0.2, 0.25) is 5.91 Å². The summed E-state index contributed by atoms with van der Waals surface area (Å²) in [6.45, 7) is 9.17. The minimum atomic E-state index is 0.174. The maximum atomic E-state index is 12.2. The molecule has 2 atom stereocenters. The number of nitrogens with one attached hydrogen (secondary N) is 1. The van der Waals surface area contributed by atoms with Crippen LogP contribution >= 0.6 is 0 Å². The average Bonchev–Trinajstić information content (AvgIpc) is 2.79. The lowest BCUT2D eigenvalue weighted by Gasteiger charge is -2.27. The standard InChI is InChI=1S/C13H26N2O/c1-4-9-15(13(16)11(3)5-2)10-12-7-6-8-14-12/h11-12,14H,4-10H2,1-3H3. The van der Waals surface area contributed by atoms with E-state index in [1.807, 2.05) is 6.92 Å². The maximum absolute atomic E-state index is 12.2. The summed E-state index contributed by atoms with van der Waals surface area (Å²) < 4.78 is 0. The van der Waals surface area contributed by atoms with Crippen molar-refractivity contribution in [2.45, 2.75) is 52.5 Å². The summed E-state index contributed by atoms with van der Waals surface area (Å²) in [5, 5.41) is 3.46. The molecule has 0 aromatic rings. The van der Waals surface area contributed by atoms with Gasteiger partial charge in [0.25, 0.3) is 0 Å². The molecule has 1 heterocycles. The average molecular weight is 226 g/mol. The smallest absolute Gasteiger partial charge is 0.225 e. The third kappa shape index (κ3) is 3.78. The number of nitrogens with zero attached hydrogens (tertiary/aromatic N) is 1. The van der Waals surface area contributed by atoms with Crippen LogP contribution in [0.3, 0.4) is 0 Å². The Hall–Kier alpha value is -0.570. The lowest BCUT2D eigenvalue weighted by molar-refractivity contribution is -0.135. The van der Waals surface area contributed by atoms with Gasteiger partial charge < -0.3 is 10.2 Å². The fourth-order valence-electron chi connectivity index (χ4n) is 2.23. The molecule has 3 heteroatoms. The first-order chi connectivity index (χ1) is 7.69. The Balaban J connectivity index is 2.48. The van der Waals surface area contributed by atoms with E-state index in [9.17, 15) is 4.79 Å². The molecule has 0 aliphatic carbocycles. The molecule has 1 saturated heterocycles. The molecule has 0 saturated carbocycles. The van der Waals surface area contributed by atoms with Gasteiger partial charge in [-0.3, -0.25) is 4.79 Å². The van der Waals surface area contributed by atoms with Gasteiger partial charge >= 0.3 is 0 Å². The molecule has 94 valence electrons. The van der Waals surface area contributed by atoms with Crippen molar-refractivity contribution >= 4 is 5.91 Å². The SMILES string of the molecule is CCCN(CC1CCCN1)C(=O)C(C)CC. The van der Waals surface area contributed by atoms with Gasteiger partial charge in [-0.15, -0.1) is 0 Å². The number of carbonyl (C=O) groups is 1. The van der Waals surface area contributed by atoms with Crippen LogP contribution in [0.4, 0.5) is 0 Å². The largest absolute Gasteiger partial charge is 0.341 e. The van der Waals surface area contributed by atoms with E-state index in [0.29, 0.717) is 11.9 Å². The van der Waals surface area contributed by atoms with Crippen molar-refractivity contribution in [2.75, 3.05) is 19.6 Å². The Kier molecular flexibility index (Phi) is 5.81. The van der Waals surface area contributed by atoms with Crippen molar-refractivity contribution in [3.05, 3.63) is 0 Å². The van der Waals surface area contributed by atoms with E-state index in [2.05, 4.69) is 24.1 Å². The first-order valence-electron chi connectivity index (χ1n) is 6.71. The molecule has 1 rings (SSSR count). The second-order valence-corrected chi connectivity index (χ2v) is 4.89. The van der Waals surface area contributed by atoms with Crippen LogP contribution in [-0.2, 0) is 4.79 Å². The van der Waals surface area contributed by atoms with Crippen LogP contribution in [0.25, 0.3) is 0 Å². The number of hydrogen-bond acceptors (Lipinski definition) is 2. The summed E-state index contributed by atoms with van der Waals surface area (Å²) in [5.41, 5.74) is 0. The van der Waals surface area contributed by atoms with Crippen LogP contribution in [-0.4, -0.2) is 36.5 Å². The fraction of sp³-hybridized carbons (Fsp3) is 0.923. The minimum Gasteiger partial charge on any atom is -0.341 e. The lowest BCUT2D eigenvalue weighted by Crippen LogP contribution is -2.43. The summed E-state index contributed by atoms with van der Waals surface area (Å²) in [5.74, 6) is 0.506. The predicted octanol–water partition coefficient (Wildman–Crippen LogP) is 2.02. The zero-order chi connectivity index (χ0) is 12.0. The van der Waals surface area contributed by atoms with E-state index in [0.717, 1.165) is 32.5 Å². The van der Waals surface area contributed by atoms with Gasteiger partial charge in [0, 0.05) is 25.0 Å². The van der Waals surface area contributed by atoms with Gasteiger partial charge in [-0.1, -0.05) is 20.8 Å². The molecule has 16 heavy (non-hydrogen) atoms. The molecule has 0 radical (unpaired) electrons. The normalized spacial score (nSPS) is 22.1. The zero-order valence-electron chi connectivity index (χ0n) is 11.0. The Labute approximate surface area is 99.6 Å². The Morgan fingerprint density at radius 1 is 1.50 bits per heavy atom. The van der Waals surface area contributed by atoms with Crippen molar-refractivity contribution in [3.63, 3.8) is 0 Å². The highest BCUT2D eigenvalue weighted by molar-refractivity contribution is 5.78. The molecule has 1 N–H and O–H groups in total. The van der Waals surface area contributed by atoms with Crippen LogP contribution in [0.5, 0.6) is 0 Å². The summed E-state index contributed by atoms with van der Waals surface area (Å²) >= 11 is 0. The van der Waals surface area contributed by atoms with Crippen molar-refractivity contribution in [3.8, 4) is 0 Å². The quantitative estimate of drug-likeness (QED) is 0.751. The van der Waals surface area contributed by atoms with E-state index in [1.165, 1.54) is 12.8 Å². The number of carbonyl (C=O) groups excluding carboxylic acids is 1. The molecule has 2 unspecified atom stereocenters. The third-order valence-corrected chi connectivity index (χ3v) is 3.44. The van der Waals surface area contributed by atoms with Crippen molar-refractivity contribution in [1.29, 1.82) is 0 Å². The van der Waals surface area contributed by atoms with Gasteiger partial charge in [-0.2, -0.15) is 0 Å². The first kappa shape index (κ1) is 13.5. The summed E-state index contributed by atoms with van der Waals surface area (Å²) in [7, 11) is 0. The van der Waals surface area contributed by atoms with E-state index in [4.69, 9.17) is 0 Å². The molecule has 0 spiro atoms. The lowest BCUT2D eigenvalue weighted by atomic mass is 10.1. The van der Waals surface area contributed by atoms with E-state index in [-0.39, 0.29) is 5.92 Å². The topological polar surface area (TPSA) is 32.3 Å². The maximum Gasteiger partial charge on any atom is 0.225 e. The Morgan fingerprint density at radius 2 is 2.25 bits per heavy atom. The Morgan fingerprint density at radius 3 is 2.75 bits per heavy atom. The number of hydrogen-bond donors (Lipinski definition) is 1. The highest BCUT2D eigenvalue weighted by Gasteiger charge is 2.23.